The van der Waals surface area contributed by atoms with Gasteiger partial charge in [-0.2, -0.15) is 0 Å². The van der Waals surface area contributed by atoms with Crippen LogP contribution in [0.1, 0.15) is 47.8 Å². The molecule has 0 saturated carbocycles. The van der Waals surface area contributed by atoms with Crippen molar-refractivity contribution in [3.63, 3.8) is 0 Å². The van der Waals surface area contributed by atoms with Gasteiger partial charge in [-0.05, 0) is 68.9 Å². The Hall–Kier alpha value is -6.26. The van der Waals surface area contributed by atoms with E-state index >= 15 is 0 Å². The van der Waals surface area contributed by atoms with Crippen LogP contribution in [0.2, 0.25) is 0 Å². The van der Waals surface area contributed by atoms with E-state index in [0.717, 1.165) is 34.0 Å². The lowest BCUT2D eigenvalue weighted by atomic mass is 9.82. The Morgan fingerprint density at radius 2 is 1.27 bits per heavy atom. The van der Waals surface area contributed by atoms with Gasteiger partial charge in [0.25, 0.3) is 0 Å². The Morgan fingerprint density at radius 3 is 2.10 bits per heavy atom. The van der Waals surface area contributed by atoms with E-state index in [9.17, 15) is 0 Å². The van der Waals surface area contributed by atoms with Crippen molar-refractivity contribution in [3.05, 3.63) is 186 Å². The van der Waals surface area contributed by atoms with Crippen LogP contribution in [0.3, 0.4) is 0 Å². The highest BCUT2D eigenvalue weighted by molar-refractivity contribution is 6.15. The monoisotopic (exact) mass is 656 g/mol. The molecular weight excluding hydrogens is 621 g/mol. The smallest absolute Gasteiger partial charge is 0.159 e. The molecule has 1 atom stereocenters. The number of hydrogen-bond acceptors (Lipinski definition) is 3. The number of aromatic nitrogens is 1. The molecule has 0 amide bonds. The summed E-state index contributed by atoms with van der Waals surface area (Å²) in [6.07, 6.45) is -0.201. The summed E-state index contributed by atoms with van der Waals surface area (Å²) >= 11 is 0. The molecule has 4 nitrogen and oxygen atoms in total. The van der Waals surface area contributed by atoms with Gasteiger partial charge in [0.15, 0.2) is 5.84 Å². The van der Waals surface area contributed by atoms with Crippen LogP contribution in [-0.4, -0.2) is 28.2 Å². The van der Waals surface area contributed by atoms with E-state index in [-0.39, 0.29) is 11.6 Å². The van der Waals surface area contributed by atoms with E-state index in [1.54, 1.807) is 0 Å². The van der Waals surface area contributed by atoms with Crippen LogP contribution in [0.4, 0.5) is 0 Å². The molecule has 4 heteroatoms. The maximum atomic E-state index is 5.29. The topological polar surface area (TPSA) is 32.9 Å². The van der Waals surface area contributed by atoms with Gasteiger partial charge in [0.2, 0.25) is 0 Å². The molecule has 0 N–H and O–H groups in total. The van der Waals surface area contributed by atoms with Crippen LogP contribution >= 0.6 is 0 Å². The van der Waals surface area contributed by atoms with Crippen LogP contribution in [-0.2, 0) is 5.41 Å². The Balaban J connectivity index is 1.18. The number of nitrogens with zero attached hydrogens (tertiary/aromatic N) is 4. The summed E-state index contributed by atoms with van der Waals surface area (Å²) in [4.78, 5) is 12.7. The molecule has 0 bridgehead atoms. The van der Waals surface area contributed by atoms with Crippen molar-refractivity contribution in [2.75, 3.05) is 7.05 Å². The van der Waals surface area contributed by atoms with Crippen LogP contribution < -0.4 is 0 Å². The van der Waals surface area contributed by atoms with Gasteiger partial charge in [-0.15, -0.1) is 0 Å². The van der Waals surface area contributed by atoms with E-state index in [0.29, 0.717) is 0 Å². The third kappa shape index (κ3) is 4.46. The van der Waals surface area contributed by atoms with Crippen LogP contribution in [0.5, 0.6) is 0 Å². The van der Waals surface area contributed by atoms with Gasteiger partial charge < -0.3 is 9.47 Å². The fourth-order valence-corrected chi connectivity index (χ4v) is 8.47. The van der Waals surface area contributed by atoms with Gasteiger partial charge in [0.1, 0.15) is 12.0 Å². The summed E-state index contributed by atoms with van der Waals surface area (Å²) in [5.41, 5.74) is 12.0. The minimum Gasteiger partial charge on any atom is -0.333 e. The van der Waals surface area contributed by atoms with E-state index in [4.69, 9.17) is 9.98 Å². The van der Waals surface area contributed by atoms with E-state index in [1.165, 1.54) is 54.8 Å². The molecular formula is C47H36N4. The summed E-state index contributed by atoms with van der Waals surface area (Å²) in [5, 5.41) is 5.11. The van der Waals surface area contributed by atoms with Crippen molar-refractivity contribution in [1.82, 2.24) is 9.47 Å². The quantitative estimate of drug-likeness (QED) is 0.186. The van der Waals surface area contributed by atoms with Gasteiger partial charge in [0, 0.05) is 40.0 Å². The van der Waals surface area contributed by atoms with Crippen LogP contribution in [0, 0.1) is 0 Å². The SMILES string of the molecule is CN1C(c2ccccc2)=NC(c2cccc(-n3c4ccccc4c4cc5c(cc43)C(C)(C)c3ccc4ccccc4c3-5)c2)=NC1c1ccccc1. The lowest BCUT2D eigenvalue weighted by Gasteiger charge is -2.32. The van der Waals surface area contributed by atoms with Crippen LogP contribution in [0.15, 0.2) is 168 Å². The van der Waals surface area contributed by atoms with E-state index in [2.05, 4.69) is 182 Å². The van der Waals surface area contributed by atoms with E-state index < -0.39 is 0 Å². The van der Waals surface area contributed by atoms with Gasteiger partial charge in [-0.25, -0.2) is 9.98 Å². The fraction of sp³-hybridized carbons (Fsp3) is 0.106. The Morgan fingerprint density at radius 1 is 0.569 bits per heavy atom. The van der Waals surface area contributed by atoms with Gasteiger partial charge in [-0.3, -0.25) is 0 Å². The average molecular weight is 657 g/mol. The van der Waals surface area contributed by atoms with Gasteiger partial charge >= 0.3 is 0 Å². The molecule has 1 aliphatic carbocycles. The van der Waals surface area contributed by atoms with Crippen molar-refractivity contribution in [2.45, 2.75) is 25.4 Å². The number of amidine groups is 2. The first kappa shape index (κ1) is 29.6. The van der Waals surface area contributed by atoms with Crippen molar-refractivity contribution >= 4 is 44.2 Å². The molecule has 244 valence electrons. The zero-order valence-corrected chi connectivity index (χ0v) is 28.9. The predicted molar refractivity (Wildman–Crippen MR) is 212 cm³/mol. The third-order valence-electron chi connectivity index (χ3n) is 11.0. The molecule has 1 aliphatic heterocycles. The van der Waals surface area contributed by atoms with Crippen molar-refractivity contribution < 1.29 is 0 Å². The van der Waals surface area contributed by atoms with Crippen molar-refractivity contribution in [2.24, 2.45) is 9.98 Å². The first-order chi connectivity index (χ1) is 25.0. The van der Waals surface area contributed by atoms with Crippen molar-refractivity contribution in [1.29, 1.82) is 0 Å². The summed E-state index contributed by atoms with van der Waals surface area (Å²) in [5.74, 6) is 1.63. The maximum Gasteiger partial charge on any atom is 0.159 e. The lowest BCUT2D eigenvalue weighted by Crippen LogP contribution is -2.35. The highest BCUT2D eigenvalue weighted by Gasteiger charge is 2.37. The number of aliphatic imine (C=N–C) groups is 2. The summed E-state index contributed by atoms with van der Waals surface area (Å²) in [6.45, 7) is 4.74. The molecule has 0 saturated heterocycles. The normalized spacial score (nSPS) is 16.3. The molecule has 8 aromatic rings. The number of hydrogen-bond donors (Lipinski definition) is 0. The second kappa shape index (κ2) is 11.1. The zero-order valence-electron chi connectivity index (χ0n) is 28.9. The largest absolute Gasteiger partial charge is 0.333 e. The molecule has 1 aromatic heterocycles. The van der Waals surface area contributed by atoms with Gasteiger partial charge in [-0.1, -0.05) is 141 Å². The molecule has 2 aliphatic rings. The Kier molecular flexibility index (Phi) is 6.47. The van der Waals surface area contributed by atoms with E-state index in [1.807, 2.05) is 6.07 Å². The number of fused-ring (bicyclic) bond motifs is 8. The summed E-state index contributed by atoms with van der Waals surface area (Å²) in [7, 11) is 2.08. The average Bonchev–Trinajstić information content (AvgIpc) is 3.62. The van der Waals surface area contributed by atoms with Crippen molar-refractivity contribution in [3.8, 4) is 16.8 Å². The number of rotatable bonds is 4. The first-order valence-electron chi connectivity index (χ1n) is 17.7. The second-order valence-corrected chi connectivity index (χ2v) is 14.3. The molecule has 7 aromatic carbocycles. The molecule has 0 spiro atoms. The molecule has 0 fully saturated rings. The number of para-hydroxylation sites is 1. The lowest BCUT2D eigenvalue weighted by molar-refractivity contribution is 0.383. The minimum atomic E-state index is -0.201. The molecule has 10 rings (SSSR count). The highest BCUT2D eigenvalue weighted by atomic mass is 15.3. The summed E-state index contributed by atoms with van der Waals surface area (Å²) in [6, 6.07) is 56.8. The molecule has 0 radical (unpaired) electrons. The minimum absolute atomic E-state index is 0.135. The second-order valence-electron chi connectivity index (χ2n) is 14.3. The van der Waals surface area contributed by atoms with Crippen LogP contribution in [0.25, 0.3) is 49.4 Å². The highest BCUT2D eigenvalue weighted by Crippen LogP contribution is 2.53. The number of benzene rings is 7. The predicted octanol–water partition coefficient (Wildman–Crippen LogP) is 11.1. The molecule has 1 unspecified atom stereocenters. The molecule has 2 heterocycles. The maximum absolute atomic E-state index is 5.29. The zero-order chi connectivity index (χ0) is 34.3. The molecule has 51 heavy (non-hydrogen) atoms. The Bertz CT molecular complexity index is 2730. The standard InChI is InChI=1S/C47H36N4/c1-47(2)39-26-25-30-15-10-11-22-35(30)43(39)38-28-37-36-23-12-13-24-41(36)51(42(37)29-40(38)47)34-21-14-20-33(27-34)44-48-45(31-16-6-4-7-17-31)50(3)46(49-44)32-18-8-5-9-19-32/h4-29,45H,1-3H3. The van der Waals surface area contributed by atoms with Gasteiger partial charge in [0.05, 0.1) is 11.0 Å². The Labute approximate surface area is 297 Å². The third-order valence-corrected chi connectivity index (χ3v) is 11.0. The first-order valence-corrected chi connectivity index (χ1v) is 17.7. The summed E-state index contributed by atoms with van der Waals surface area (Å²) < 4.78 is 2.43. The fourth-order valence-electron chi connectivity index (χ4n) is 8.47.